The van der Waals surface area contributed by atoms with Crippen LogP contribution < -0.4 is 5.73 Å². The van der Waals surface area contributed by atoms with E-state index in [1.807, 2.05) is 12.3 Å². The molecule has 1 aromatic heterocycles. The van der Waals surface area contributed by atoms with Crippen LogP contribution >= 0.6 is 0 Å². The minimum Gasteiger partial charge on any atom is -0.327 e. The Morgan fingerprint density at radius 1 is 1.00 bits per heavy atom. The van der Waals surface area contributed by atoms with Gasteiger partial charge in [0.05, 0.1) is 0 Å². The Balaban J connectivity index is 1.92. The third-order valence-electron chi connectivity index (χ3n) is 3.15. The van der Waals surface area contributed by atoms with Gasteiger partial charge in [0.15, 0.2) is 0 Å². The van der Waals surface area contributed by atoms with E-state index in [2.05, 4.69) is 42.2 Å². The highest BCUT2D eigenvalue weighted by molar-refractivity contribution is 5.23. The van der Waals surface area contributed by atoms with Crippen molar-refractivity contribution in [2.75, 3.05) is 0 Å². The maximum absolute atomic E-state index is 6.18. The van der Waals surface area contributed by atoms with E-state index in [1.165, 1.54) is 16.7 Å². The standard InChI is InChI=1S/C16H20N2/c1-2-13-5-7-14(8-6-13)10-16(17)11-15-4-3-9-18-12-15/h3-9,12,16H,2,10-11,17H2,1H3. The molecule has 1 unspecified atom stereocenters. The molecule has 0 spiro atoms. The average Bonchev–Trinajstić information content (AvgIpc) is 2.40. The van der Waals surface area contributed by atoms with Gasteiger partial charge in [0, 0.05) is 18.4 Å². The maximum Gasteiger partial charge on any atom is 0.0300 e. The third-order valence-corrected chi connectivity index (χ3v) is 3.15. The summed E-state index contributed by atoms with van der Waals surface area (Å²) >= 11 is 0. The molecule has 0 aliphatic heterocycles. The Kier molecular flexibility index (Phi) is 4.48. The minimum absolute atomic E-state index is 0.154. The molecule has 1 heterocycles. The molecule has 0 fully saturated rings. The Morgan fingerprint density at radius 3 is 2.28 bits per heavy atom. The summed E-state index contributed by atoms with van der Waals surface area (Å²) in [5, 5.41) is 0. The molecule has 0 aliphatic rings. The molecule has 0 amide bonds. The number of hydrogen-bond acceptors (Lipinski definition) is 2. The fraction of sp³-hybridized carbons (Fsp3) is 0.312. The summed E-state index contributed by atoms with van der Waals surface area (Å²) in [7, 11) is 0. The summed E-state index contributed by atoms with van der Waals surface area (Å²) in [4.78, 5) is 4.11. The van der Waals surface area contributed by atoms with Crippen molar-refractivity contribution in [2.24, 2.45) is 5.73 Å². The van der Waals surface area contributed by atoms with Gasteiger partial charge in [0.2, 0.25) is 0 Å². The van der Waals surface area contributed by atoms with Crippen LogP contribution in [-0.4, -0.2) is 11.0 Å². The monoisotopic (exact) mass is 240 g/mol. The molecular formula is C16H20N2. The van der Waals surface area contributed by atoms with Crippen molar-refractivity contribution in [3.8, 4) is 0 Å². The fourth-order valence-corrected chi connectivity index (χ4v) is 2.11. The lowest BCUT2D eigenvalue weighted by atomic mass is 9.99. The second-order valence-corrected chi connectivity index (χ2v) is 4.70. The number of benzene rings is 1. The zero-order chi connectivity index (χ0) is 12.8. The first kappa shape index (κ1) is 12.8. The summed E-state index contributed by atoms with van der Waals surface area (Å²) in [5.41, 5.74) is 10.1. The summed E-state index contributed by atoms with van der Waals surface area (Å²) in [6.45, 7) is 2.17. The van der Waals surface area contributed by atoms with Crippen LogP contribution in [0.3, 0.4) is 0 Å². The van der Waals surface area contributed by atoms with E-state index < -0.39 is 0 Å². The topological polar surface area (TPSA) is 38.9 Å². The molecule has 2 N–H and O–H groups in total. The Labute approximate surface area is 109 Å². The SMILES string of the molecule is CCc1ccc(CC(N)Cc2cccnc2)cc1. The van der Waals surface area contributed by atoms with Gasteiger partial charge in [-0.3, -0.25) is 4.98 Å². The first-order valence-corrected chi connectivity index (χ1v) is 6.50. The van der Waals surface area contributed by atoms with E-state index in [4.69, 9.17) is 5.73 Å². The molecule has 1 aromatic carbocycles. The highest BCUT2D eigenvalue weighted by atomic mass is 14.6. The van der Waals surface area contributed by atoms with Crippen molar-refractivity contribution in [1.29, 1.82) is 0 Å². The van der Waals surface area contributed by atoms with Crippen molar-refractivity contribution in [2.45, 2.75) is 32.2 Å². The van der Waals surface area contributed by atoms with Crippen molar-refractivity contribution >= 4 is 0 Å². The van der Waals surface area contributed by atoms with Gasteiger partial charge >= 0.3 is 0 Å². The van der Waals surface area contributed by atoms with Crippen LogP contribution in [0.2, 0.25) is 0 Å². The van der Waals surface area contributed by atoms with Crippen molar-refractivity contribution in [3.63, 3.8) is 0 Å². The van der Waals surface area contributed by atoms with Gasteiger partial charge in [-0.1, -0.05) is 37.3 Å². The lowest BCUT2D eigenvalue weighted by Gasteiger charge is -2.11. The lowest BCUT2D eigenvalue weighted by molar-refractivity contribution is 0.663. The Hall–Kier alpha value is -1.67. The summed E-state index contributed by atoms with van der Waals surface area (Å²) in [6.07, 6.45) is 6.56. The first-order valence-electron chi connectivity index (χ1n) is 6.50. The van der Waals surface area contributed by atoms with E-state index in [0.29, 0.717) is 0 Å². The molecule has 0 bridgehead atoms. The molecule has 2 heteroatoms. The Morgan fingerprint density at radius 2 is 1.67 bits per heavy atom. The molecule has 18 heavy (non-hydrogen) atoms. The molecule has 0 aliphatic carbocycles. The van der Waals surface area contributed by atoms with E-state index in [0.717, 1.165) is 19.3 Å². The number of hydrogen-bond donors (Lipinski definition) is 1. The first-order chi connectivity index (χ1) is 8.78. The van der Waals surface area contributed by atoms with Crippen LogP contribution in [0.25, 0.3) is 0 Å². The molecule has 1 atom stereocenters. The van der Waals surface area contributed by atoms with Gasteiger partial charge in [-0.2, -0.15) is 0 Å². The highest BCUT2D eigenvalue weighted by Crippen LogP contribution is 2.09. The summed E-state index contributed by atoms with van der Waals surface area (Å²) in [6, 6.07) is 12.9. The normalized spacial score (nSPS) is 12.3. The molecule has 94 valence electrons. The van der Waals surface area contributed by atoms with E-state index in [1.54, 1.807) is 6.20 Å². The second kappa shape index (κ2) is 6.31. The smallest absolute Gasteiger partial charge is 0.0300 e. The Bertz CT molecular complexity index is 462. The van der Waals surface area contributed by atoms with Crippen LogP contribution in [0.15, 0.2) is 48.8 Å². The van der Waals surface area contributed by atoms with Crippen molar-refractivity contribution in [3.05, 3.63) is 65.5 Å². The molecule has 0 radical (unpaired) electrons. The average molecular weight is 240 g/mol. The predicted octanol–water partition coefficient (Wildman–Crippen LogP) is 2.76. The van der Waals surface area contributed by atoms with Gasteiger partial charge in [0.25, 0.3) is 0 Å². The number of rotatable bonds is 5. The van der Waals surface area contributed by atoms with Crippen LogP contribution in [0.1, 0.15) is 23.6 Å². The largest absolute Gasteiger partial charge is 0.327 e. The quantitative estimate of drug-likeness (QED) is 0.872. The van der Waals surface area contributed by atoms with Crippen LogP contribution in [0, 0.1) is 0 Å². The molecule has 0 saturated heterocycles. The van der Waals surface area contributed by atoms with E-state index in [-0.39, 0.29) is 6.04 Å². The van der Waals surface area contributed by atoms with Crippen molar-refractivity contribution < 1.29 is 0 Å². The predicted molar refractivity (Wildman–Crippen MR) is 75.4 cm³/mol. The van der Waals surface area contributed by atoms with E-state index in [9.17, 15) is 0 Å². The lowest BCUT2D eigenvalue weighted by Crippen LogP contribution is -2.25. The summed E-state index contributed by atoms with van der Waals surface area (Å²) < 4.78 is 0. The van der Waals surface area contributed by atoms with Crippen LogP contribution in [-0.2, 0) is 19.3 Å². The van der Waals surface area contributed by atoms with Gasteiger partial charge in [0.1, 0.15) is 0 Å². The van der Waals surface area contributed by atoms with E-state index >= 15 is 0 Å². The van der Waals surface area contributed by atoms with Gasteiger partial charge < -0.3 is 5.73 Å². The van der Waals surface area contributed by atoms with Crippen LogP contribution in [0.5, 0.6) is 0 Å². The zero-order valence-corrected chi connectivity index (χ0v) is 10.8. The van der Waals surface area contributed by atoms with Gasteiger partial charge in [-0.05, 0) is 42.0 Å². The van der Waals surface area contributed by atoms with Gasteiger partial charge in [-0.15, -0.1) is 0 Å². The number of aryl methyl sites for hydroxylation is 1. The number of pyridine rings is 1. The minimum atomic E-state index is 0.154. The highest BCUT2D eigenvalue weighted by Gasteiger charge is 2.05. The molecule has 0 saturated carbocycles. The molecule has 2 nitrogen and oxygen atoms in total. The third kappa shape index (κ3) is 3.67. The number of nitrogens with two attached hydrogens (primary N) is 1. The fourth-order valence-electron chi connectivity index (χ4n) is 2.11. The van der Waals surface area contributed by atoms with Crippen molar-refractivity contribution in [1.82, 2.24) is 4.98 Å². The number of aromatic nitrogens is 1. The van der Waals surface area contributed by atoms with Gasteiger partial charge in [-0.25, -0.2) is 0 Å². The molecule has 2 aromatic rings. The molecule has 2 rings (SSSR count). The second-order valence-electron chi connectivity index (χ2n) is 4.70. The molecular weight excluding hydrogens is 220 g/mol. The number of nitrogens with zero attached hydrogens (tertiary/aromatic N) is 1. The maximum atomic E-state index is 6.18. The van der Waals surface area contributed by atoms with Crippen LogP contribution in [0.4, 0.5) is 0 Å². The zero-order valence-electron chi connectivity index (χ0n) is 10.8. The summed E-state index contributed by atoms with van der Waals surface area (Å²) in [5.74, 6) is 0.